The van der Waals surface area contributed by atoms with E-state index in [1.807, 2.05) is 17.0 Å². The molecule has 2 N–H and O–H groups in total. The number of hydrogen-bond acceptors (Lipinski definition) is 7. The first kappa shape index (κ1) is 32.2. The van der Waals surface area contributed by atoms with Gasteiger partial charge in [-0.25, -0.2) is 0 Å². The van der Waals surface area contributed by atoms with Gasteiger partial charge in [-0.2, -0.15) is 13.2 Å². The molecular formula is C33H41F3N6O4. The fourth-order valence-electron chi connectivity index (χ4n) is 7.50. The quantitative estimate of drug-likeness (QED) is 0.499. The molecule has 1 aromatic heterocycles. The van der Waals surface area contributed by atoms with Crippen LogP contribution in [0, 0.1) is 5.41 Å². The topological polar surface area (TPSA) is 109 Å². The SMILES string of the molecule is CN1CCN(c2ccc(C3(O)CCC(N4CC[C@@]5(CCN(C(=O)CNC(=O)c6cccc(C(F)(F)F)c6)C5)C4)CC3)nc2)CC1=O. The molecule has 3 aliphatic heterocycles. The number of alkyl halides is 3. The molecule has 0 bridgehead atoms. The molecule has 1 saturated carbocycles. The summed E-state index contributed by atoms with van der Waals surface area (Å²) in [5.74, 6) is -0.875. The standard InChI is InChI=1S/C33H41F3N6O4/c1-39-15-16-40(20-29(39)44)26-5-6-27(37-18-26)32(46)9-7-25(8-10-32)41-13-11-31(21-41)12-14-42(22-31)28(43)19-38-30(45)23-3-2-4-24(17-23)33(34,35)36/h2-6,17-18,25,46H,7-16,19-22H2,1H3,(H,38,45)/t25?,31-,32?/m1/s1. The lowest BCUT2D eigenvalue weighted by Gasteiger charge is -2.40. The zero-order chi connectivity index (χ0) is 32.7. The molecule has 1 atom stereocenters. The molecule has 1 spiro atoms. The average Bonchev–Trinajstić information content (AvgIpc) is 3.67. The summed E-state index contributed by atoms with van der Waals surface area (Å²) in [4.78, 5) is 50.1. The van der Waals surface area contributed by atoms with Crippen LogP contribution in [0.4, 0.5) is 18.9 Å². The van der Waals surface area contributed by atoms with Crippen molar-refractivity contribution in [3.05, 3.63) is 59.4 Å². The Morgan fingerprint density at radius 3 is 2.48 bits per heavy atom. The first-order valence-electron chi connectivity index (χ1n) is 16.0. The molecule has 0 radical (unpaired) electrons. The number of aromatic nitrogens is 1. The van der Waals surface area contributed by atoms with Crippen LogP contribution in [0.3, 0.4) is 0 Å². The highest BCUT2D eigenvalue weighted by Crippen LogP contribution is 2.44. The minimum absolute atomic E-state index is 0.0174. The Bertz CT molecular complexity index is 1460. The van der Waals surface area contributed by atoms with Gasteiger partial charge >= 0.3 is 6.18 Å². The van der Waals surface area contributed by atoms with Gasteiger partial charge in [-0.05, 0) is 75.4 Å². The molecule has 1 aromatic carbocycles. The summed E-state index contributed by atoms with van der Waals surface area (Å²) in [6, 6.07) is 8.33. The van der Waals surface area contributed by atoms with E-state index in [1.165, 1.54) is 12.1 Å². The average molecular weight is 643 g/mol. The number of piperazine rings is 1. The molecule has 46 heavy (non-hydrogen) atoms. The van der Waals surface area contributed by atoms with Gasteiger partial charge in [-0.3, -0.25) is 24.3 Å². The van der Waals surface area contributed by atoms with Gasteiger partial charge in [-0.15, -0.1) is 0 Å². The van der Waals surface area contributed by atoms with Crippen LogP contribution >= 0.6 is 0 Å². The maximum Gasteiger partial charge on any atom is 0.416 e. The van der Waals surface area contributed by atoms with E-state index in [0.29, 0.717) is 50.8 Å². The predicted molar refractivity (Wildman–Crippen MR) is 164 cm³/mol. The number of halogens is 3. The van der Waals surface area contributed by atoms with Gasteiger partial charge in [0, 0.05) is 56.8 Å². The number of pyridine rings is 1. The van der Waals surface area contributed by atoms with E-state index in [9.17, 15) is 32.7 Å². The summed E-state index contributed by atoms with van der Waals surface area (Å²) in [5, 5.41) is 14.0. The van der Waals surface area contributed by atoms with Gasteiger partial charge in [0.25, 0.3) is 5.91 Å². The molecule has 1 aliphatic carbocycles. The molecule has 6 rings (SSSR count). The highest BCUT2D eigenvalue weighted by molar-refractivity contribution is 5.96. The molecule has 0 unspecified atom stereocenters. The Morgan fingerprint density at radius 1 is 1.02 bits per heavy atom. The zero-order valence-electron chi connectivity index (χ0n) is 26.1. The van der Waals surface area contributed by atoms with Crippen LogP contribution in [0.1, 0.15) is 60.1 Å². The van der Waals surface area contributed by atoms with E-state index in [0.717, 1.165) is 63.1 Å². The maximum atomic E-state index is 13.0. The van der Waals surface area contributed by atoms with Crippen molar-refractivity contribution in [2.75, 3.05) is 64.3 Å². The monoisotopic (exact) mass is 642 g/mol. The van der Waals surface area contributed by atoms with Crippen LogP contribution < -0.4 is 10.2 Å². The van der Waals surface area contributed by atoms with Crippen LogP contribution in [0.15, 0.2) is 42.6 Å². The molecule has 3 saturated heterocycles. The molecule has 3 amide bonds. The van der Waals surface area contributed by atoms with Gasteiger partial charge in [0.2, 0.25) is 11.8 Å². The van der Waals surface area contributed by atoms with E-state index >= 15 is 0 Å². The lowest BCUT2D eigenvalue weighted by atomic mass is 9.79. The summed E-state index contributed by atoms with van der Waals surface area (Å²) < 4.78 is 39.0. The smallest absolute Gasteiger partial charge is 0.384 e. The number of carbonyl (C=O) groups excluding carboxylic acids is 3. The maximum absolute atomic E-state index is 13.0. The number of nitrogens with one attached hydrogen (secondary N) is 1. The predicted octanol–water partition coefficient (Wildman–Crippen LogP) is 2.86. The number of hydrogen-bond donors (Lipinski definition) is 2. The Hall–Kier alpha value is -3.71. The Kier molecular flexibility index (Phi) is 8.75. The van der Waals surface area contributed by atoms with Crippen molar-refractivity contribution < 1.29 is 32.7 Å². The molecule has 4 fully saturated rings. The fraction of sp³-hybridized carbons (Fsp3) is 0.576. The van der Waals surface area contributed by atoms with Crippen LogP contribution in [-0.2, 0) is 21.4 Å². The molecule has 13 heteroatoms. The Balaban J connectivity index is 0.970. The van der Waals surface area contributed by atoms with E-state index < -0.39 is 23.2 Å². The summed E-state index contributed by atoms with van der Waals surface area (Å²) in [5.41, 5.74) is -0.503. The van der Waals surface area contributed by atoms with Gasteiger partial charge in [0.05, 0.1) is 36.2 Å². The van der Waals surface area contributed by atoms with Gasteiger partial charge in [0.15, 0.2) is 0 Å². The second kappa shape index (κ2) is 12.5. The molecule has 248 valence electrons. The first-order chi connectivity index (χ1) is 21.8. The summed E-state index contributed by atoms with van der Waals surface area (Å²) in [7, 11) is 1.81. The third-order valence-electron chi connectivity index (χ3n) is 10.5. The van der Waals surface area contributed by atoms with Crippen molar-refractivity contribution in [3.63, 3.8) is 0 Å². The third-order valence-corrected chi connectivity index (χ3v) is 10.5. The second-order valence-corrected chi connectivity index (χ2v) is 13.4. The van der Waals surface area contributed by atoms with Gasteiger partial charge in [0.1, 0.15) is 5.60 Å². The normalized spacial score (nSPS) is 27.5. The minimum atomic E-state index is -4.55. The largest absolute Gasteiger partial charge is 0.416 e. The number of aliphatic hydroxyl groups is 1. The lowest BCUT2D eigenvalue weighted by molar-refractivity contribution is -0.137. The van der Waals surface area contributed by atoms with Crippen molar-refractivity contribution in [1.82, 2.24) is 25.0 Å². The molecular weight excluding hydrogens is 601 g/mol. The van der Waals surface area contributed by atoms with Crippen molar-refractivity contribution in [1.29, 1.82) is 0 Å². The van der Waals surface area contributed by atoms with Crippen molar-refractivity contribution in [2.24, 2.45) is 5.41 Å². The zero-order valence-corrected chi connectivity index (χ0v) is 26.1. The Morgan fingerprint density at radius 2 is 1.78 bits per heavy atom. The number of likely N-dealkylation sites (N-methyl/N-ethyl adjacent to an activating group) is 1. The molecule has 4 aliphatic rings. The fourth-order valence-corrected chi connectivity index (χ4v) is 7.50. The second-order valence-electron chi connectivity index (χ2n) is 13.4. The molecule has 2 aromatic rings. The van der Waals surface area contributed by atoms with E-state index in [4.69, 9.17) is 0 Å². The van der Waals surface area contributed by atoms with E-state index in [-0.39, 0.29) is 29.3 Å². The molecule has 10 nitrogen and oxygen atoms in total. The van der Waals surface area contributed by atoms with Crippen molar-refractivity contribution >= 4 is 23.4 Å². The van der Waals surface area contributed by atoms with Crippen LogP contribution in [0.5, 0.6) is 0 Å². The summed E-state index contributed by atoms with van der Waals surface area (Å²) in [6.07, 6.45) is 1.93. The van der Waals surface area contributed by atoms with Crippen LogP contribution in [0.2, 0.25) is 0 Å². The van der Waals surface area contributed by atoms with Gasteiger partial charge in [-0.1, -0.05) is 6.07 Å². The van der Waals surface area contributed by atoms with Gasteiger partial charge < -0.3 is 25.1 Å². The van der Waals surface area contributed by atoms with Crippen molar-refractivity contribution in [2.45, 2.75) is 56.3 Å². The third kappa shape index (κ3) is 6.71. The molecule has 4 heterocycles. The number of nitrogens with zero attached hydrogens (tertiary/aromatic N) is 5. The first-order valence-corrected chi connectivity index (χ1v) is 16.0. The number of carbonyl (C=O) groups is 3. The summed E-state index contributed by atoms with van der Waals surface area (Å²) in [6.45, 7) is 4.45. The van der Waals surface area contributed by atoms with E-state index in [2.05, 4.69) is 15.2 Å². The highest BCUT2D eigenvalue weighted by atomic mass is 19.4. The lowest BCUT2D eigenvalue weighted by Crippen LogP contribution is -2.48. The summed E-state index contributed by atoms with van der Waals surface area (Å²) >= 11 is 0. The number of rotatable bonds is 6. The van der Waals surface area contributed by atoms with Crippen LogP contribution in [0.25, 0.3) is 0 Å². The number of benzene rings is 1. The minimum Gasteiger partial charge on any atom is -0.384 e. The van der Waals surface area contributed by atoms with Crippen molar-refractivity contribution in [3.8, 4) is 0 Å². The van der Waals surface area contributed by atoms with Crippen LogP contribution in [-0.4, -0.2) is 108 Å². The number of amides is 3. The number of likely N-dealkylation sites (tertiary alicyclic amines) is 2. The number of anilines is 1. The van der Waals surface area contributed by atoms with E-state index in [1.54, 1.807) is 23.0 Å². The Labute approximate surface area is 266 Å². The highest BCUT2D eigenvalue weighted by Gasteiger charge is 2.47.